The fourth-order valence-corrected chi connectivity index (χ4v) is 4.33. The summed E-state index contributed by atoms with van der Waals surface area (Å²) in [6.45, 7) is 3.21. The SMILES string of the molecule is Cn1cnnc1CN1CCCC12CCCN(Cc1ccccc1)C2=O. The van der Waals surface area contributed by atoms with Crippen LogP contribution in [0.3, 0.4) is 0 Å². The van der Waals surface area contributed by atoms with E-state index in [2.05, 4.69) is 27.2 Å². The van der Waals surface area contributed by atoms with Crippen LogP contribution >= 0.6 is 0 Å². The van der Waals surface area contributed by atoms with Crippen LogP contribution in [0.5, 0.6) is 0 Å². The predicted octanol–water partition coefficient (Wildman–Crippen LogP) is 1.97. The molecule has 25 heavy (non-hydrogen) atoms. The number of piperidine rings is 1. The summed E-state index contributed by atoms with van der Waals surface area (Å²) in [7, 11) is 1.96. The average molecular weight is 339 g/mol. The molecule has 0 bridgehead atoms. The molecule has 0 aliphatic carbocycles. The summed E-state index contributed by atoms with van der Waals surface area (Å²) >= 11 is 0. The van der Waals surface area contributed by atoms with E-state index in [0.29, 0.717) is 19.0 Å². The van der Waals surface area contributed by atoms with Crippen LogP contribution in [0.25, 0.3) is 0 Å². The summed E-state index contributed by atoms with van der Waals surface area (Å²) in [4.78, 5) is 17.8. The molecule has 0 radical (unpaired) electrons. The summed E-state index contributed by atoms with van der Waals surface area (Å²) in [5.41, 5.74) is 0.852. The minimum Gasteiger partial charge on any atom is -0.337 e. The van der Waals surface area contributed by atoms with E-state index in [9.17, 15) is 4.79 Å². The lowest BCUT2D eigenvalue weighted by Crippen LogP contribution is -2.59. The molecule has 1 aromatic heterocycles. The third-order valence-electron chi connectivity index (χ3n) is 5.68. The van der Waals surface area contributed by atoms with Crippen molar-refractivity contribution in [3.8, 4) is 0 Å². The molecule has 6 heteroatoms. The Kier molecular flexibility index (Phi) is 4.29. The molecule has 2 aliphatic rings. The molecule has 3 heterocycles. The number of nitrogens with zero attached hydrogens (tertiary/aromatic N) is 5. The first-order valence-electron chi connectivity index (χ1n) is 9.10. The first-order chi connectivity index (χ1) is 12.2. The van der Waals surface area contributed by atoms with Gasteiger partial charge < -0.3 is 9.47 Å². The molecule has 132 valence electrons. The molecule has 1 unspecified atom stereocenters. The largest absolute Gasteiger partial charge is 0.337 e. The number of rotatable bonds is 4. The number of carbonyl (C=O) groups excluding carboxylic acids is 1. The van der Waals surface area contributed by atoms with Crippen molar-refractivity contribution in [2.75, 3.05) is 13.1 Å². The third-order valence-corrected chi connectivity index (χ3v) is 5.68. The maximum absolute atomic E-state index is 13.4. The molecule has 4 rings (SSSR count). The molecule has 0 saturated carbocycles. The Bertz CT molecular complexity index is 743. The highest BCUT2D eigenvalue weighted by atomic mass is 16.2. The zero-order chi connectivity index (χ0) is 17.3. The molecule has 2 fully saturated rings. The summed E-state index contributed by atoms with van der Waals surface area (Å²) < 4.78 is 1.95. The van der Waals surface area contributed by atoms with Crippen molar-refractivity contribution in [3.63, 3.8) is 0 Å². The van der Waals surface area contributed by atoms with Gasteiger partial charge >= 0.3 is 0 Å². The van der Waals surface area contributed by atoms with Gasteiger partial charge in [0.1, 0.15) is 17.7 Å². The molecular weight excluding hydrogens is 314 g/mol. The minimum absolute atomic E-state index is 0.294. The van der Waals surface area contributed by atoms with Crippen LogP contribution < -0.4 is 0 Å². The second kappa shape index (κ2) is 6.59. The number of aryl methyl sites for hydroxylation is 1. The van der Waals surface area contributed by atoms with E-state index < -0.39 is 0 Å². The normalized spacial score (nSPS) is 24.4. The number of hydrogen-bond donors (Lipinski definition) is 0. The van der Waals surface area contributed by atoms with Crippen LogP contribution in [0.2, 0.25) is 0 Å². The Labute approximate surface area is 148 Å². The van der Waals surface area contributed by atoms with Gasteiger partial charge in [0.25, 0.3) is 0 Å². The number of likely N-dealkylation sites (tertiary alicyclic amines) is 2. The predicted molar refractivity (Wildman–Crippen MR) is 94.5 cm³/mol. The van der Waals surface area contributed by atoms with Gasteiger partial charge in [-0.3, -0.25) is 9.69 Å². The number of benzene rings is 1. The maximum atomic E-state index is 13.4. The monoisotopic (exact) mass is 339 g/mol. The van der Waals surface area contributed by atoms with E-state index in [1.54, 1.807) is 6.33 Å². The molecule has 2 aliphatic heterocycles. The lowest BCUT2D eigenvalue weighted by Gasteiger charge is -2.44. The number of aromatic nitrogens is 3. The quantitative estimate of drug-likeness (QED) is 0.855. The summed E-state index contributed by atoms with van der Waals surface area (Å²) in [6.07, 6.45) is 5.77. The average Bonchev–Trinajstić information content (AvgIpc) is 3.21. The highest BCUT2D eigenvalue weighted by molar-refractivity contribution is 5.87. The molecule has 1 amide bonds. The van der Waals surface area contributed by atoms with Crippen molar-refractivity contribution in [2.24, 2.45) is 7.05 Å². The summed E-state index contributed by atoms with van der Waals surface area (Å²) in [6, 6.07) is 10.3. The molecule has 1 aromatic carbocycles. The van der Waals surface area contributed by atoms with Gasteiger partial charge in [-0.1, -0.05) is 30.3 Å². The standard InChI is InChI=1S/C19H25N5O/c1-22-15-20-21-17(22)14-24-12-6-10-19(24)9-5-11-23(18(19)25)13-16-7-3-2-4-8-16/h2-4,7-8,15H,5-6,9-14H2,1H3. The highest BCUT2D eigenvalue weighted by Crippen LogP contribution is 2.39. The van der Waals surface area contributed by atoms with Gasteiger partial charge in [-0.15, -0.1) is 10.2 Å². The van der Waals surface area contributed by atoms with Gasteiger partial charge in [-0.2, -0.15) is 0 Å². The smallest absolute Gasteiger partial charge is 0.243 e. The van der Waals surface area contributed by atoms with Crippen molar-refractivity contribution in [3.05, 3.63) is 48.0 Å². The lowest BCUT2D eigenvalue weighted by molar-refractivity contribution is -0.148. The van der Waals surface area contributed by atoms with Crippen LogP contribution in [0, 0.1) is 0 Å². The second-order valence-electron chi connectivity index (χ2n) is 7.23. The van der Waals surface area contributed by atoms with Crippen molar-refractivity contribution in [2.45, 2.75) is 44.3 Å². The van der Waals surface area contributed by atoms with E-state index in [-0.39, 0.29) is 5.54 Å². The van der Waals surface area contributed by atoms with Crippen molar-refractivity contribution in [1.29, 1.82) is 0 Å². The van der Waals surface area contributed by atoms with Crippen molar-refractivity contribution < 1.29 is 4.79 Å². The molecule has 2 aromatic rings. The Hall–Kier alpha value is -2.21. The summed E-state index contributed by atoms with van der Waals surface area (Å²) in [5, 5.41) is 8.19. The van der Waals surface area contributed by atoms with E-state index >= 15 is 0 Å². The van der Waals surface area contributed by atoms with Crippen LogP contribution in [-0.4, -0.2) is 49.1 Å². The minimum atomic E-state index is -0.348. The van der Waals surface area contributed by atoms with Gasteiger partial charge in [0.05, 0.1) is 6.54 Å². The third kappa shape index (κ3) is 2.95. The first-order valence-corrected chi connectivity index (χ1v) is 9.10. The van der Waals surface area contributed by atoms with Crippen LogP contribution in [-0.2, 0) is 24.9 Å². The Balaban J connectivity index is 1.55. The fraction of sp³-hybridized carbons (Fsp3) is 0.526. The molecular formula is C19H25N5O. The van der Waals surface area contributed by atoms with Gasteiger partial charge in [0.2, 0.25) is 5.91 Å². The van der Waals surface area contributed by atoms with Gasteiger partial charge in [0.15, 0.2) is 0 Å². The molecule has 2 saturated heterocycles. The van der Waals surface area contributed by atoms with Crippen LogP contribution in [0.1, 0.15) is 37.1 Å². The number of carbonyl (C=O) groups is 1. The topological polar surface area (TPSA) is 54.3 Å². The van der Waals surface area contributed by atoms with Crippen LogP contribution in [0.15, 0.2) is 36.7 Å². The van der Waals surface area contributed by atoms with Gasteiger partial charge in [-0.25, -0.2) is 0 Å². The van der Waals surface area contributed by atoms with Crippen molar-refractivity contribution >= 4 is 5.91 Å². The molecule has 0 N–H and O–H groups in total. The molecule has 1 spiro atoms. The van der Waals surface area contributed by atoms with E-state index in [1.807, 2.05) is 34.7 Å². The van der Waals surface area contributed by atoms with E-state index in [4.69, 9.17) is 0 Å². The van der Waals surface area contributed by atoms with Crippen LogP contribution in [0.4, 0.5) is 0 Å². The number of amides is 1. The van der Waals surface area contributed by atoms with E-state index in [1.165, 1.54) is 5.56 Å². The number of hydrogen-bond acceptors (Lipinski definition) is 4. The summed E-state index contributed by atoms with van der Waals surface area (Å²) in [5.74, 6) is 1.22. The first kappa shape index (κ1) is 16.3. The fourth-order valence-electron chi connectivity index (χ4n) is 4.33. The second-order valence-corrected chi connectivity index (χ2v) is 7.23. The van der Waals surface area contributed by atoms with E-state index in [0.717, 1.165) is 44.6 Å². The highest BCUT2D eigenvalue weighted by Gasteiger charge is 2.50. The Morgan fingerprint density at radius 2 is 1.84 bits per heavy atom. The van der Waals surface area contributed by atoms with Crippen molar-refractivity contribution in [1.82, 2.24) is 24.6 Å². The van der Waals surface area contributed by atoms with Gasteiger partial charge in [0, 0.05) is 20.1 Å². The lowest BCUT2D eigenvalue weighted by atomic mass is 9.85. The zero-order valence-corrected chi connectivity index (χ0v) is 14.8. The zero-order valence-electron chi connectivity index (χ0n) is 14.8. The maximum Gasteiger partial charge on any atom is 0.243 e. The van der Waals surface area contributed by atoms with Gasteiger partial charge in [-0.05, 0) is 37.8 Å². The Morgan fingerprint density at radius 1 is 1.08 bits per heavy atom. The molecule has 1 atom stereocenters. The molecule has 6 nitrogen and oxygen atoms in total. The Morgan fingerprint density at radius 3 is 2.56 bits per heavy atom.